The quantitative estimate of drug-likeness (QED) is 0.204. The van der Waals surface area contributed by atoms with Crippen molar-refractivity contribution >= 4 is 0 Å². The van der Waals surface area contributed by atoms with Crippen molar-refractivity contribution in [2.45, 2.75) is 50.8 Å². The fraction of sp³-hybridized carbons (Fsp3) is 0.294. The van der Waals surface area contributed by atoms with Gasteiger partial charge in [0.1, 0.15) is 24.4 Å². The zero-order valence-electron chi connectivity index (χ0n) is 22.1. The van der Waals surface area contributed by atoms with Crippen molar-refractivity contribution in [1.82, 2.24) is 0 Å². The molecule has 202 valence electrons. The summed E-state index contributed by atoms with van der Waals surface area (Å²) < 4.78 is 32.0. The predicted molar refractivity (Wildman–Crippen MR) is 151 cm³/mol. The maximum atomic E-state index is 6.58. The first-order chi connectivity index (χ1) is 19.3. The minimum atomic E-state index is -0.376. The van der Waals surface area contributed by atoms with Gasteiger partial charge in [-0.3, -0.25) is 0 Å². The molecule has 5 heteroatoms. The largest absolute Gasteiger partial charge is 0.374 e. The van der Waals surface area contributed by atoms with Crippen LogP contribution in [0.5, 0.6) is 0 Å². The Morgan fingerprint density at radius 2 is 0.897 bits per heavy atom. The fourth-order valence-electron chi connectivity index (χ4n) is 4.70. The van der Waals surface area contributed by atoms with Gasteiger partial charge in [0.15, 0.2) is 0 Å². The van der Waals surface area contributed by atoms with Crippen LogP contribution in [0.4, 0.5) is 0 Å². The summed E-state index contributed by atoms with van der Waals surface area (Å²) >= 11 is 0. The van der Waals surface area contributed by atoms with Gasteiger partial charge >= 0.3 is 0 Å². The lowest BCUT2D eigenvalue weighted by Crippen LogP contribution is -2.57. The number of ether oxygens (including phenoxy) is 5. The maximum Gasteiger partial charge on any atom is 0.115 e. The van der Waals surface area contributed by atoms with E-state index in [0.717, 1.165) is 22.3 Å². The summed E-state index contributed by atoms with van der Waals surface area (Å²) in [5.74, 6) is 0. The van der Waals surface area contributed by atoms with Crippen LogP contribution in [-0.4, -0.2) is 37.6 Å². The van der Waals surface area contributed by atoms with Gasteiger partial charge in [0.05, 0.1) is 39.6 Å². The van der Waals surface area contributed by atoms with Gasteiger partial charge in [-0.2, -0.15) is 0 Å². The average Bonchev–Trinajstić information content (AvgIpc) is 3.00. The molecule has 1 heterocycles. The first-order valence-electron chi connectivity index (χ1n) is 13.5. The summed E-state index contributed by atoms with van der Waals surface area (Å²) in [7, 11) is 0. The van der Waals surface area contributed by atoms with Crippen LogP contribution in [0.1, 0.15) is 22.3 Å². The molecule has 4 atom stereocenters. The Kier molecular flexibility index (Phi) is 10.3. The number of hydrogen-bond acceptors (Lipinski definition) is 5. The molecule has 1 aliphatic rings. The topological polar surface area (TPSA) is 46.2 Å². The summed E-state index contributed by atoms with van der Waals surface area (Å²) in [6, 6.07) is 40.7. The van der Waals surface area contributed by atoms with Gasteiger partial charge < -0.3 is 23.7 Å². The van der Waals surface area contributed by atoms with E-state index < -0.39 is 0 Å². The van der Waals surface area contributed by atoms with Crippen LogP contribution in [0.2, 0.25) is 0 Å². The second kappa shape index (κ2) is 14.7. The van der Waals surface area contributed by atoms with Crippen molar-refractivity contribution in [3.8, 4) is 0 Å². The third-order valence-electron chi connectivity index (χ3n) is 6.80. The van der Waals surface area contributed by atoms with E-state index in [9.17, 15) is 0 Å². The zero-order chi connectivity index (χ0) is 26.5. The molecule has 1 aliphatic heterocycles. The second-order valence-electron chi connectivity index (χ2n) is 9.73. The Hall–Kier alpha value is -3.32. The first-order valence-corrected chi connectivity index (χ1v) is 13.5. The molecular weight excluding hydrogens is 488 g/mol. The molecule has 0 aromatic heterocycles. The molecule has 0 saturated carbocycles. The SMILES string of the molecule is c1ccc(COC[C@H]2OC[C@H](OCc3ccccc3)[C@H](OCc3ccccc3)[C@@H]2OCc2ccccc2)cc1. The number of rotatable bonds is 13. The lowest BCUT2D eigenvalue weighted by molar-refractivity contribution is -0.246. The normalized spacial score (nSPS) is 21.0. The Balaban J connectivity index is 1.32. The van der Waals surface area contributed by atoms with E-state index in [2.05, 4.69) is 48.5 Å². The predicted octanol–water partition coefficient (Wildman–Crippen LogP) is 6.36. The molecular formula is C34H36O5. The summed E-state index contributed by atoms with van der Waals surface area (Å²) in [5.41, 5.74) is 4.42. The van der Waals surface area contributed by atoms with Crippen molar-refractivity contribution < 1.29 is 23.7 Å². The van der Waals surface area contributed by atoms with E-state index in [1.807, 2.05) is 72.8 Å². The molecule has 4 aromatic rings. The minimum absolute atomic E-state index is 0.292. The summed E-state index contributed by atoms with van der Waals surface area (Å²) in [6.07, 6.45) is -1.30. The number of hydrogen-bond donors (Lipinski definition) is 0. The molecule has 5 nitrogen and oxygen atoms in total. The molecule has 0 unspecified atom stereocenters. The van der Waals surface area contributed by atoms with Crippen molar-refractivity contribution in [2.24, 2.45) is 0 Å². The van der Waals surface area contributed by atoms with Crippen molar-refractivity contribution in [2.75, 3.05) is 13.2 Å². The molecule has 0 spiro atoms. The second-order valence-corrected chi connectivity index (χ2v) is 9.73. The van der Waals surface area contributed by atoms with E-state index in [1.54, 1.807) is 0 Å². The minimum Gasteiger partial charge on any atom is -0.374 e. The Morgan fingerprint density at radius 1 is 0.487 bits per heavy atom. The third-order valence-corrected chi connectivity index (χ3v) is 6.80. The fourth-order valence-corrected chi connectivity index (χ4v) is 4.70. The maximum absolute atomic E-state index is 6.58. The molecule has 0 amide bonds. The van der Waals surface area contributed by atoms with E-state index >= 15 is 0 Å². The van der Waals surface area contributed by atoms with Crippen molar-refractivity contribution in [3.05, 3.63) is 144 Å². The van der Waals surface area contributed by atoms with Crippen LogP contribution < -0.4 is 0 Å². The summed E-state index contributed by atoms with van der Waals surface area (Å²) in [5, 5.41) is 0. The van der Waals surface area contributed by atoms with Crippen LogP contribution >= 0.6 is 0 Å². The van der Waals surface area contributed by atoms with Crippen molar-refractivity contribution in [3.63, 3.8) is 0 Å². The van der Waals surface area contributed by atoms with E-state index in [-0.39, 0.29) is 24.4 Å². The highest BCUT2D eigenvalue weighted by molar-refractivity contribution is 5.16. The van der Waals surface area contributed by atoms with E-state index in [4.69, 9.17) is 23.7 Å². The number of benzene rings is 4. The highest BCUT2D eigenvalue weighted by atomic mass is 16.6. The third kappa shape index (κ3) is 8.33. The summed E-state index contributed by atoms with van der Waals surface area (Å²) in [4.78, 5) is 0. The van der Waals surface area contributed by atoms with Crippen LogP contribution in [0.3, 0.4) is 0 Å². The molecule has 1 fully saturated rings. The molecule has 4 aromatic carbocycles. The van der Waals surface area contributed by atoms with Gasteiger partial charge in [-0.15, -0.1) is 0 Å². The zero-order valence-corrected chi connectivity index (χ0v) is 22.1. The molecule has 39 heavy (non-hydrogen) atoms. The lowest BCUT2D eigenvalue weighted by atomic mass is 9.99. The smallest absolute Gasteiger partial charge is 0.115 e. The molecule has 0 N–H and O–H groups in total. The van der Waals surface area contributed by atoms with Crippen LogP contribution in [0.25, 0.3) is 0 Å². The Labute approximate surface area is 231 Å². The molecule has 1 saturated heterocycles. The lowest BCUT2D eigenvalue weighted by Gasteiger charge is -2.42. The average molecular weight is 525 g/mol. The van der Waals surface area contributed by atoms with Crippen LogP contribution in [-0.2, 0) is 50.1 Å². The van der Waals surface area contributed by atoms with Crippen molar-refractivity contribution in [1.29, 1.82) is 0 Å². The monoisotopic (exact) mass is 524 g/mol. The van der Waals surface area contributed by atoms with Crippen LogP contribution in [0, 0.1) is 0 Å². The van der Waals surface area contributed by atoms with Gasteiger partial charge in [0.2, 0.25) is 0 Å². The Bertz CT molecular complexity index is 1200. The van der Waals surface area contributed by atoms with Gasteiger partial charge in [0.25, 0.3) is 0 Å². The highest BCUT2D eigenvalue weighted by Gasteiger charge is 2.43. The summed E-state index contributed by atoms with van der Waals surface area (Å²) in [6.45, 7) is 2.68. The first kappa shape index (κ1) is 27.3. The van der Waals surface area contributed by atoms with E-state index in [1.165, 1.54) is 0 Å². The van der Waals surface area contributed by atoms with Crippen LogP contribution in [0.15, 0.2) is 121 Å². The molecule has 0 aliphatic carbocycles. The van der Waals surface area contributed by atoms with Gasteiger partial charge in [0, 0.05) is 0 Å². The van der Waals surface area contributed by atoms with E-state index in [0.29, 0.717) is 39.6 Å². The standard InChI is InChI=1S/C34H36O5/c1-5-13-27(14-6-1)21-35-25-31-33(38-23-29-17-9-3-10-18-29)34(39-24-30-19-11-4-12-20-30)32(26-37-31)36-22-28-15-7-2-8-16-28/h1-20,31-34H,21-26H2/t31-,32+,33-,34+/m1/s1. The Morgan fingerprint density at radius 3 is 1.38 bits per heavy atom. The molecule has 5 rings (SSSR count). The molecule has 0 radical (unpaired) electrons. The van der Waals surface area contributed by atoms with Gasteiger partial charge in [-0.05, 0) is 22.3 Å². The van der Waals surface area contributed by atoms with Gasteiger partial charge in [-0.25, -0.2) is 0 Å². The van der Waals surface area contributed by atoms with Gasteiger partial charge in [-0.1, -0.05) is 121 Å². The highest BCUT2D eigenvalue weighted by Crippen LogP contribution is 2.27. The molecule has 0 bridgehead atoms.